The van der Waals surface area contributed by atoms with Crippen molar-refractivity contribution in [3.63, 3.8) is 0 Å². The second kappa shape index (κ2) is 6.93. The molecule has 0 bridgehead atoms. The first kappa shape index (κ1) is 14.4. The summed E-state index contributed by atoms with van der Waals surface area (Å²) >= 11 is 0. The van der Waals surface area contributed by atoms with Crippen LogP contribution in [0.3, 0.4) is 0 Å². The minimum atomic E-state index is -0.404. The van der Waals surface area contributed by atoms with Gasteiger partial charge in [0.1, 0.15) is 5.69 Å². The number of rotatable bonds is 7. The minimum Gasteiger partial charge on any atom is -0.395 e. The van der Waals surface area contributed by atoms with Gasteiger partial charge >= 0.3 is 0 Å². The number of anilines is 1. The summed E-state index contributed by atoms with van der Waals surface area (Å²) in [5.41, 5.74) is 1.39. The van der Waals surface area contributed by atoms with Gasteiger partial charge < -0.3 is 15.7 Å². The summed E-state index contributed by atoms with van der Waals surface area (Å²) in [6.07, 6.45) is 0.813. The Morgan fingerprint density at radius 3 is 2.72 bits per heavy atom. The van der Waals surface area contributed by atoms with E-state index in [1.807, 2.05) is 13.0 Å². The molecule has 100 valence electrons. The summed E-state index contributed by atoms with van der Waals surface area (Å²) in [6, 6.07) is 5.08. The van der Waals surface area contributed by atoms with Crippen LogP contribution in [0.1, 0.15) is 18.9 Å². The summed E-state index contributed by atoms with van der Waals surface area (Å²) < 4.78 is 0. The van der Waals surface area contributed by atoms with E-state index >= 15 is 0 Å². The van der Waals surface area contributed by atoms with Gasteiger partial charge in [0, 0.05) is 25.7 Å². The van der Waals surface area contributed by atoms with Gasteiger partial charge in [-0.15, -0.1) is 0 Å². The second-order valence-electron chi connectivity index (χ2n) is 4.03. The number of hydrogen-bond donors (Lipinski definition) is 3. The summed E-state index contributed by atoms with van der Waals surface area (Å²) in [7, 11) is 1.65. The SMILES string of the molecule is CCC(CO)NCc1ccc(NC)c([N+](=O)[O-])c1. The molecule has 3 N–H and O–H groups in total. The quantitative estimate of drug-likeness (QED) is 0.506. The van der Waals surface area contributed by atoms with Crippen molar-refractivity contribution < 1.29 is 10.0 Å². The molecule has 0 aliphatic rings. The number of nitro benzene ring substituents is 1. The lowest BCUT2D eigenvalue weighted by Gasteiger charge is -2.14. The second-order valence-corrected chi connectivity index (χ2v) is 4.03. The fourth-order valence-corrected chi connectivity index (χ4v) is 1.65. The van der Waals surface area contributed by atoms with Crippen molar-refractivity contribution in [3.05, 3.63) is 33.9 Å². The molecule has 1 unspecified atom stereocenters. The Balaban J connectivity index is 2.79. The highest BCUT2D eigenvalue weighted by Crippen LogP contribution is 2.24. The molecule has 0 radical (unpaired) electrons. The smallest absolute Gasteiger partial charge is 0.292 e. The highest BCUT2D eigenvalue weighted by molar-refractivity contribution is 5.62. The first-order chi connectivity index (χ1) is 8.62. The Morgan fingerprint density at radius 2 is 2.22 bits per heavy atom. The Morgan fingerprint density at radius 1 is 1.50 bits per heavy atom. The predicted octanol–water partition coefficient (Wildman–Crippen LogP) is 1.50. The third kappa shape index (κ3) is 3.68. The maximum absolute atomic E-state index is 10.9. The van der Waals surface area contributed by atoms with Crippen molar-refractivity contribution in [2.45, 2.75) is 25.9 Å². The molecule has 1 aromatic carbocycles. The maximum atomic E-state index is 10.9. The van der Waals surface area contributed by atoms with E-state index in [0.717, 1.165) is 12.0 Å². The van der Waals surface area contributed by atoms with Crippen LogP contribution in [0.4, 0.5) is 11.4 Å². The van der Waals surface area contributed by atoms with Gasteiger partial charge in [0.15, 0.2) is 0 Å². The normalized spacial score (nSPS) is 12.2. The highest BCUT2D eigenvalue weighted by Gasteiger charge is 2.13. The molecule has 0 saturated carbocycles. The monoisotopic (exact) mass is 253 g/mol. The Hall–Kier alpha value is -1.66. The molecule has 1 rings (SSSR count). The summed E-state index contributed by atoms with van der Waals surface area (Å²) in [4.78, 5) is 10.5. The van der Waals surface area contributed by atoms with Gasteiger partial charge in [-0.3, -0.25) is 10.1 Å². The van der Waals surface area contributed by atoms with E-state index in [1.54, 1.807) is 19.2 Å². The van der Waals surface area contributed by atoms with Crippen molar-refractivity contribution in [1.82, 2.24) is 5.32 Å². The van der Waals surface area contributed by atoms with Gasteiger partial charge in [0.2, 0.25) is 0 Å². The molecule has 0 aromatic heterocycles. The molecule has 18 heavy (non-hydrogen) atoms. The molecule has 0 aliphatic carbocycles. The van der Waals surface area contributed by atoms with Crippen molar-refractivity contribution in [1.29, 1.82) is 0 Å². The van der Waals surface area contributed by atoms with Crippen LogP contribution < -0.4 is 10.6 Å². The molecule has 0 fully saturated rings. The van der Waals surface area contributed by atoms with Crippen LogP contribution in [0, 0.1) is 10.1 Å². The topological polar surface area (TPSA) is 87.4 Å². The van der Waals surface area contributed by atoms with Crippen LogP contribution in [0.25, 0.3) is 0 Å². The van der Waals surface area contributed by atoms with E-state index in [4.69, 9.17) is 5.11 Å². The molecular formula is C12H19N3O3. The Kier molecular flexibility index (Phi) is 5.54. The number of nitro groups is 1. The summed E-state index contributed by atoms with van der Waals surface area (Å²) in [5, 5.41) is 25.9. The van der Waals surface area contributed by atoms with Crippen molar-refractivity contribution >= 4 is 11.4 Å². The van der Waals surface area contributed by atoms with Crippen LogP contribution in [-0.2, 0) is 6.54 Å². The zero-order valence-electron chi connectivity index (χ0n) is 10.6. The number of aliphatic hydroxyl groups is 1. The predicted molar refractivity (Wildman–Crippen MR) is 70.6 cm³/mol. The van der Waals surface area contributed by atoms with Gasteiger partial charge in [-0.25, -0.2) is 0 Å². The number of hydrogen-bond acceptors (Lipinski definition) is 5. The summed E-state index contributed by atoms with van der Waals surface area (Å²) in [5.74, 6) is 0. The van der Waals surface area contributed by atoms with Crippen molar-refractivity contribution in [2.75, 3.05) is 19.0 Å². The zero-order valence-corrected chi connectivity index (χ0v) is 10.6. The number of nitrogens with one attached hydrogen (secondary N) is 2. The maximum Gasteiger partial charge on any atom is 0.292 e. The van der Waals surface area contributed by atoms with E-state index in [1.165, 1.54) is 0 Å². The van der Waals surface area contributed by atoms with E-state index in [0.29, 0.717) is 12.2 Å². The van der Waals surface area contributed by atoms with E-state index in [-0.39, 0.29) is 18.3 Å². The fraction of sp³-hybridized carbons (Fsp3) is 0.500. The highest BCUT2D eigenvalue weighted by atomic mass is 16.6. The van der Waals surface area contributed by atoms with Crippen LogP contribution in [0.2, 0.25) is 0 Å². The minimum absolute atomic E-state index is 0.0213. The molecular weight excluding hydrogens is 234 g/mol. The Bertz CT molecular complexity index is 406. The van der Waals surface area contributed by atoms with Crippen molar-refractivity contribution in [3.8, 4) is 0 Å². The molecule has 1 atom stereocenters. The van der Waals surface area contributed by atoms with E-state index in [2.05, 4.69) is 10.6 Å². The lowest BCUT2D eigenvalue weighted by atomic mass is 10.1. The first-order valence-corrected chi connectivity index (χ1v) is 5.91. The van der Waals surface area contributed by atoms with Gasteiger partial charge in [-0.1, -0.05) is 13.0 Å². The van der Waals surface area contributed by atoms with Crippen LogP contribution in [0.15, 0.2) is 18.2 Å². The number of aliphatic hydroxyl groups excluding tert-OH is 1. The largest absolute Gasteiger partial charge is 0.395 e. The van der Waals surface area contributed by atoms with Gasteiger partial charge in [0.25, 0.3) is 5.69 Å². The van der Waals surface area contributed by atoms with Crippen LogP contribution in [0.5, 0.6) is 0 Å². The molecule has 1 aromatic rings. The van der Waals surface area contributed by atoms with Crippen LogP contribution in [-0.4, -0.2) is 29.7 Å². The third-order valence-corrected chi connectivity index (χ3v) is 2.84. The lowest BCUT2D eigenvalue weighted by Crippen LogP contribution is -2.31. The van der Waals surface area contributed by atoms with Crippen molar-refractivity contribution in [2.24, 2.45) is 0 Å². The molecule has 0 heterocycles. The molecule has 6 nitrogen and oxygen atoms in total. The third-order valence-electron chi connectivity index (χ3n) is 2.84. The summed E-state index contributed by atoms with van der Waals surface area (Å²) in [6.45, 7) is 2.54. The van der Waals surface area contributed by atoms with E-state index < -0.39 is 4.92 Å². The molecule has 0 spiro atoms. The molecule has 0 aliphatic heterocycles. The number of nitrogens with zero attached hydrogens (tertiary/aromatic N) is 1. The average Bonchev–Trinajstić information content (AvgIpc) is 2.39. The van der Waals surface area contributed by atoms with E-state index in [9.17, 15) is 10.1 Å². The molecule has 0 amide bonds. The van der Waals surface area contributed by atoms with Crippen LogP contribution >= 0.6 is 0 Å². The van der Waals surface area contributed by atoms with Gasteiger partial charge in [-0.05, 0) is 18.1 Å². The standard InChI is InChI=1S/C12H19N3O3/c1-3-10(8-16)14-7-9-4-5-11(13-2)12(6-9)15(17)18/h4-6,10,13-14,16H,3,7-8H2,1-2H3. The fourth-order valence-electron chi connectivity index (χ4n) is 1.65. The van der Waals surface area contributed by atoms with Gasteiger partial charge in [-0.2, -0.15) is 0 Å². The molecule has 6 heteroatoms. The number of benzene rings is 1. The zero-order chi connectivity index (χ0) is 13.5. The van der Waals surface area contributed by atoms with Gasteiger partial charge in [0.05, 0.1) is 11.5 Å². The average molecular weight is 253 g/mol. The lowest BCUT2D eigenvalue weighted by molar-refractivity contribution is -0.384. The molecule has 0 saturated heterocycles. The Labute approximate surface area is 106 Å². The first-order valence-electron chi connectivity index (χ1n) is 5.91.